The number of carbonyl (C=O) groups is 2. The molecule has 2 fully saturated rings. The molecule has 2 aliphatic carbocycles. The highest BCUT2D eigenvalue weighted by Gasteiger charge is 2.27. The van der Waals surface area contributed by atoms with Crippen molar-refractivity contribution in [3.8, 4) is 0 Å². The fraction of sp³-hybridized carbons (Fsp3) is 0.867. The summed E-state index contributed by atoms with van der Waals surface area (Å²) in [4.78, 5) is 23.9. The van der Waals surface area contributed by atoms with Gasteiger partial charge >= 0.3 is 0 Å². The van der Waals surface area contributed by atoms with Crippen molar-refractivity contribution in [3.05, 3.63) is 0 Å². The van der Waals surface area contributed by atoms with Crippen molar-refractivity contribution in [1.82, 2.24) is 16.0 Å². The molecule has 2 amide bonds. The Balaban J connectivity index is 1.70. The fourth-order valence-electron chi connectivity index (χ4n) is 2.65. The van der Waals surface area contributed by atoms with Gasteiger partial charge in [0.05, 0.1) is 12.1 Å². The first-order chi connectivity index (χ1) is 9.56. The van der Waals surface area contributed by atoms with Gasteiger partial charge in [-0.1, -0.05) is 19.3 Å². The highest BCUT2D eigenvalue weighted by Crippen LogP contribution is 2.19. The molecule has 2 unspecified atom stereocenters. The Morgan fingerprint density at radius 2 is 1.25 bits per heavy atom. The average molecular weight is 281 g/mol. The van der Waals surface area contributed by atoms with Crippen LogP contribution in [0, 0.1) is 0 Å². The number of nitrogens with one attached hydrogen (secondary N) is 3. The lowest BCUT2D eigenvalue weighted by molar-refractivity contribution is -0.125. The third kappa shape index (κ3) is 4.78. The van der Waals surface area contributed by atoms with E-state index in [9.17, 15) is 9.59 Å². The van der Waals surface area contributed by atoms with Crippen LogP contribution in [0.25, 0.3) is 0 Å². The summed E-state index contributed by atoms with van der Waals surface area (Å²) in [6, 6.07) is 0.00815. The van der Waals surface area contributed by atoms with E-state index in [4.69, 9.17) is 0 Å². The van der Waals surface area contributed by atoms with Crippen molar-refractivity contribution in [2.24, 2.45) is 0 Å². The standard InChI is InChI=1S/C15H27N3O2/c1-10(14(19)17-12-6-4-3-5-7-12)16-11(2)15(20)18-13-8-9-13/h10-13,16H,3-9H2,1-2H3,(H,17,19)(H,18,20). The van der Waals surface area contributed by atoms with Crippen LogP contribution in [0.15, 0.2) is 0 Å². The lowest BCUT2D eigenvalue weighted by atomic mass is 9.95. The molecule has 0 heterocycles. The van der Waals surface area contributed by atoms with Crippen LogP contribution in [-0.4, -0.2) is 36.0 Å². The van der Waals surface area contributed by atoms with Gasteiger partial charge in [0.1, 0.15) is 0 Å². The van der Waals surface area contributed by atoms with Gasteiger partial charge in [0.2, 0.25) is 11.8 Å². The fourth-order valence-corrected chi connectivity index (χ4v) is 2.65. The molecular formula is C15H27N3O2. The van der Waals surface area contributed by atoms with E-state index in [1.54, 1.807) is 0 Å². The van der Waals surface area contributed by atoms with E-state index in [1.807, 2.05) is 13.8 Å². The van der Waals surface area contributed by atoms with E-state index in [0.717, 1.165) is 25.7 Å². The van der Waals surface area contributed by atoms with Crippen molar-refractivity contribution in [1.29, 1.82) is 0 Å². The zero-order valence-corrected chi connectivity index (χ0v) is 12.6. The minimum Gasteiger partial charge on any atom is -0.352 e. The number of amides is 2. The molecule has 3 N–H and O–H groups in total. The Morgan fingerprint density at radius 3 is 1.70 bits per heavy atom. The lowest BCUT2D eigenvalue weighted by Crippen LogP contribution is -2.53. The largest absolute Gasteiger partial charge is 0.352 e. The molecule has 5 nitrogen and oxygen atoms in total. The molecule has 114 valence electrons. The van der Waals surface area contributed by atoms with Crippen LogP contribution in [-0.2, 0) is 9.59 Å². The van der Waals surface area contributed by atoms with E-state index < -0.39 is 0 Å². The second kappa shape index (κ2) is 7.07. The Kier molecular flexibility index (Phi) is 5.40. The van der Waals surface area contributed by atoms with Crippen LogP contribution in [0.4, 0.5) is 0 Å². The van der Waals surface area contributed by atoms with E-state index in [0.29, 0.717) is 12.1 Å². The molecule has 2 saturated carbocycles. The Hall–Kier alpha value is -1.10. The molecule has 0 bridgehead atoms. The highest BCUT2D eigenvalue weighted by molar-refractivity contribution is 5.85. The minimum atomic E-state index is -0.336. The molecular weight excluding hydrogens is 254 g/mol. The predicted molar refractivity (Wildman–Crippen MR) is 78.2 cm³/mol. The summed E-state index contributed by atoms with van der Waals surface area (Å²) < 4.78 is 0. The first kappa shape index (κ1) is 15.3. The molecule has 0 radical (unpaired) electrons. The topological polar surface area (TPSA) is 70.2 Å². The van der Waals surface area contributed by atoms with Crippen molar-refractivity contribution in [2.45, 2.75) is 83.0 Å². The number of hydrogen-bond donors (Lipinski definition) is 3. The van der Waals surface area contributed by atoms with E-state index in [2.05, 4.69) is 16.0 Å². The highest BCUT2D eigenvalue weighted by atomic mass is 16.2. The molecule has 20 heavy (non-hydrogen) atoms. The Labute approximate surface area is 121 Å². The number of carbonyl (C=O) groups excluding carboxylic acids is 2. The molecule has 2 atom stereocenters. The van der Waals surface area contributed by atoms with Gasteiger partial charge in [-0.3, -0.25) is 14.9 Å². The smallest absolute Gasteiger partial charge is 0.237 e. The molecule has 0 aliphatic heterocycles. The van der Waals surface area contributed by atoms with E-state index in [-0.39, 0.29) is 23.9 Å². The number of hydrogen-bond acceptors (Lipinski definition) is 3. The second-order valence-corrected chi connectivity index (χ2v) is 6.24. The van der Waals surface area contributed by atoms with Crippen LogP contribution < -0.4 is 16.0 Å². The van der Waals surface area contributed by atoms with Gasteiger partial charge in [-0.05, 0) is 39.5 Å². The van der Waals surface area contributed by atoms with Crippen molar-refractivity contribution >= 4 is 11.8 Å². The van der Waals surface area contributed by atoms with Crippen LogP contribution in [0.5, 0.6) is 0 Å². The van der Waals surface area contributed by atoms with Gasteiger partial charge in [0.25, 0.3) is 0 Å². The lowest BCUT2D eigenvalue weighted by Gasteiger charge is -2.25. The van der Waals surface area contributed by atoms with Crippen molar-refractivity contribution < 1.29 is 9.59 Å². The summed E-state index contributed by atoms with van der Waals surface area (Å²) in [7, 11) is 0. The zero-order chi connectivity index (χ0) is 14.5. The van der Waals surface area contributed by atoms with E-state index in [1.165, 1.54) is 19.3 Å². The number of rotatable bonds is 6. The van der Waals surface area contributed by atoms with Gasteiger partial charge in [0, 0.05) is 12.1 Å². The van der Waals surface area contributed by atoms with Crippen molar-refractivity contribution in [3.63, 3.8) is 0 Å². The maximum Gasteiger partial charge on any atom is 0.237 e. The van der Waals surface area contributed by atoms with E-state index >= 15 is 0 Å². The molecule has 0 aromatic rings. The maximum absolute atomic E-state index is 12.1. The summed E-state index contributed by atoms with van der Waals surface area (Å²) >= 11 is 0. The van der Waals surface area contributed by atoms with Gasteiger partial charge in [-0.2, -0.15) is 0 Å². The summed E-state index contributed by atoms with van der Waals surface area (Å²) in [6.45, 7) is 3.63. The second-order valence-electron chi connectivity index (χ2n) is 6.24. The monoisotopic (exact) mass is 281 g/mol. The normalized spacial score (nSPS) is 22.9. The molecule has 5 heteroatoms. The Bertz CT molecular complexity index is 349. The molecule has 0 saturated heterocycles. The third-order valence-corrected chi connectivity index (χ3v) is 4.16. The first-order valence-electron chi connectivity index (χ1n) is 7.93. The SMILES string of the molecule is CC(NC(C)C(=O)NC1CC1)C(=O)NC1CCCCC1. The Morgan fingerprint density at radius 1 is 0.800 bits per heavy atom. The maximum atomic E-state index is 12.1. The van der Waals surface area contributed by atoms with Gasteiger partial charge in [0.15, 0.2) is 0 Å². The summed E-state index contributed by atoms with van der Waals surface area (Å²) in [6.07, 6.45) is 8.00. The average Bonchev–Trinajstić information content (AvgIpc) is 3.23. The van der Waals surface area contributed by atoms with Gasteiger partial charge in [-0.25, -0.2) is 0 Å². The van der Waals surface area contributed by atoms with Crippen LogP contribution in [0.2, 0.25) is 0 Å². The van der Waals surface area contributed by atoms with Gasteiger partial charge in [-0.15, -0.1) is 0 Å². The van der Waals surface area contributed by atoms with Crippen LogP contribution in [0.1, 0.15) is 58.8 Å². The molecule has 0 aromatic heterocycles. The first-order valence-corrected chi connectivity index (χ1v) is 7.93. The molecule has 0 spiro atoms. The quantitative estimate of drug-likeness (QED) is 0.682. The molecule has 2 rings (SSSR count). The molecule has 2 aliphatic rings. The summed E-state index contributed by atoms with van der Waals surface area (Å²) in [5.74, 6) is -0.00668. The minimum absolute atomic E-state index is 0.00275. The third-order valence-electron chi connectivity index (χ3n) is 4.16. The summed E-state index contributed by atoms with van der Waals surface area (Å²) in [5.41, 5.74) is 0. The summed E-state index contributed by atoms with van der Waals surface area (Å²) in [5, 5.41) is 9.11. The van der Waals surface area contributed by atoms with Crippen molar-refractivity contribution in [2.75, 3.05) is 0 Å². The van der Waals surface area contributed by atoms with Crippen LogP contribution in [0.3, 0.4) is 0 Å². The van der Waals surface area contributed by atoms with Gasteiger partial charge < -0.3 is 10.6 Å². The molecule has 0 aromatic carbocycles. The predicted octanol–water partition coefficient (Wildman–Crippen LogP) is 1.08. The zero-order valence-electron chi connectivity index (χ0n) is 12.6. The van der Waals surface area contributed by atoms with Crippen LogP contribution >= 0.6 is 0 Å².